The number of nitrogens with two attached hydrogens (primary N) is 1. The number of aliphatic hydroxyl groups excluding tert-OH is 4. The fraction of sp³-hybridized carbons (Fsp3) is 1.00. The van der Waals surface area contributed by atoms with Crippen molar-refractivity contribution in [3.63, 3.8) is 0 Å². The van der Waals surface area contributed by atoms with Gasteiger partial charge in [0.1, 0.15) is 29.9 Å². The largest absolute Gasteiger partial charge is 0.394 e. The van der Waals surface area contributed by atoms with Crippen LogP contribution in [0.4, 0.5) is 0 Å². The van der Waals surface area contributed by atoms with Crippen molar-refractivity contribution in [2.45, 2.75) is 29.9 Å². The fourth-order valence-corrected chi connectivity index (χ4v) is 1.71. The van der Waals surface area contributed by atoms with E-state index in [0.717, 1.165) is 11.9 Å². The fourth-order valence-electron chi connectivity index (χ4n) is 1.18. The van der Waals surface area contributed by atoms with Crippen LogP contribution in [-0.4, -0.2) is 56.9 Å². The van der Waals surface area contributed by atoms with Gasteiger partial charge in [0.15, 0.2) is 0 Å². The van der Waals surface area contributed by atoms with Crippen LogP contribution in [0.25, 0.3) is 0 Å². The highest BCUT2D eigenvalue weighted by molar-refractivity contribution is 7.97. The van der Waals surface area contributed by atoms with E-state index in [0.29, 0.717) is 0 Å². The molecule has 1 heterocycles. The summed E-state index contributed by atoms with van der Waals surface area (Å²) < 4.78 is 5.01. The molecular formula is C6H13NO5S. The lowest BCUT2D eigenvalue weighted by molar-refractivity contribution is -0.205. The van der Waals surface area contributed by atoms with Gasteiger partial charge in [0.05, 0.1) is 6.61 Å². The molecule has 1 saturated heterocycles. The molecular weight excluding hydrogens is 198 g/mol. The zero-order valence-electron chi connectivity index (χ0n) is 6.78. The number of hydrogen-bond acceptors (Lipinski definition) is 7. The summed E-state index contributed by atoms with van der Waals surface area (Å²) in [7, 11) is 0. The van der Waals surface area contributed by atoms with Gasteiger partial charge in [-0.25, -0.2) is 0 Å². The molecule has 0 spiro atoms. The maximum absolute atomic E-state index is 9.30. The Morgan fingerprint density at radius 2 is 1.77 bits per heavy atom. The highest BCUT2D eigenvalue weighted by Crippen LogP contribution is 2.25. The van der Waals surface area contributed by atoms with Crippen molar-refractivity contribution in [3.8, 4) is 0 Å². The molecule has 1 aliphatic rings. The van der Waals surface area contributed by atoms with Crippen LogP contribution in [0.2, 0.25) is 0 Å². The Morgan fingerprint density at radius 3 is 2.23 bits per heavy atom. The lowest BCUT2D eigenvalue weighted by Gasteiger charge is -2.38. The van der Waals surface area contributed by atoms with Crippen LogP contribution in [-0.2, 0) is 4.74 Å². The predicted molar refractivity (Wildman–Crippen MR) is 45.5 cm³/mol. The SMILES string of the molecule is NS[C@@H]1O[C@H](CO)[C@@H](O)[C@H](O)[C@H]1O. The summed E-state index contributed by atoms with van der Waals surface area (Å²) in [6.45, 7) is -0.429. The standard InChI is InChI=1S/C6H13NO5S/c7-13-6-5(11)4(10)3(9)2(1-8)12-6/h2-6,8-11H,1,7H2/t2-,3-,4+,5-,6+/m1/s1. The average Bonchev–Trinajstić information content (AvgIpc) is 2.15. The van der Waals surface area contributed by atoms with Crippen molar-refractivity contribution in [1.82, 2.24) is 0 Å². The van der Waals surface area contributed by atoms with Gasteiger partial charge in [0.25, 0.3) is 0 Å². The Labute approximate surface area is 79.4 Å². The molecule has 5 atom stereocenters. The van der Waals surface area contributed by atoms with Gasteiger partial charge in [-0.1, -0.05) is 0 Å². The van der Waals surface area contributed by atoms with Gasteiger partial charge in [-0.15, -0.1) is 0 Å². The van der Waals surface area contributed by atoms with Crippen LogP contribution in [0.3, 0.4) is 0 Å². The van der Waals surface area contributed by atoms with Crippen molar-refractivity contribution < 1.29 is 25.2 Å². The summed E-state index contributed by atoms with van der Waals surface area (Å²) in [5.74, 6) is 0. The molecule has 0 unspecified atom stereocenters. The molecule has 0 aromatic rings. The molecule has 1 fully saturated rings. The molecule has 13 heavy (non-hydrogen) atoms. The van der Waals surface area contributed by atoms with E-state index in [9.17, 15) is 15.3 Å². The highest BCUT2D eigenvalue weighted by Gasteiger charge is 2.43. The van der Waals surface area contributed by atoms with Crippen LogP contribution in [0.1, 0.15) is 0 Å². The van der Waals surface area contributed by atoms with Crippen LogP contribution in [0, 0.1) is 0 Å². The summed E-state index contributed by atoms with van der Waals surface area (Å²) in [6.07, 6.45) is -4.78. The van der Waals surface area contributed by atoms with Gasteiger partial charge in [-0.3, -0.25) is 5.14 Å². The molecule has 0 radical (unpaired) electrons. The van der Waals surface area contributed by atoms with Gasteiger partial charge in [-0.05, 0) is 11.9 Å². The molecule has 6 N–H and O–H groups in total. The molecule has 1 aliphatic heterocycles. The Kier molecular flexibility index (Phi) is 3.92. The molecule has 0 aromatic carbocycles. The van der Waals surface area contributed by atoms with E-state index in [2.05, 4.69) is 0 Å². The number of ether oxygens (including phenoxy) is 1. The molecule has 0 saturated carbocycles. The monoisotopic (exact) mass is 211 g/mol. The average molecular weight is 211 g/mol. The smallest absolute Gasteiger partial charge is 0.145 e. The van der Waals surface area contributed by atoms with E-state index in [1.807, 2.05) is 0 Å². The minimum atomic E-state index is -1.34. The van der Waals surface area contributed by atoms with Gasteiger partial charge in [0.2, 0.25) is 0 Å². The molecule has 0 bridgehead atoms. The first-order valence-corrected chi connectivity index (χ1v) is 4.72. The summed E-state index contributed by atoms with van der Waals surface area (Å²) in [6, 6.07) is 0. The Bertz CT molecular complexity index is 151. The normalized spacial score (nSPS) is 46.4. The first kappa shape index (κ1) is 11.2. The van der Waals surface area contributed by atoms with Crippen LogP contribution in [0.5, 0.6) is 0 Å². The van der Waals surface area contributed by atoms with E-state index < -0.39 is 36.5 Å². The second-order valence-corrected chi connectivity index (χ2v) is 3.57. The molecule has 1 rings (SSSR count). The number of hydrogen-bond donors (Lipinski definition) is 5. The van der Waals surface area contributed by atoms with Crippen LogP contribution in [0.15, 0.2) is 0 Å². The van der Waals surface area contributed by atoms with Gasteiger partial charge in [-0.2, -0.15) is 0 Å². The minimum absolute atomic E-state index is 0.429. The first-order valence-electron chi connectivity index (χ1n) is 3.78. The first-order chi connectivity index (χ1) is 6.11. The topological polar surface area (TPSA) is 116 Å². The maximum atomic E-state index is 9.30. The summed E-state index contributed by atoms with van der Waals surface area (Å²) >= 11 is 0.724. The van der Waals surface area contributed by atoms with E-state index >= 15 is 0 Å². The van der Waals surface area contributed by atoms with Crippen molar-refractivity contribution in [2.24, 2.45) is 5.14 Å². The third-order valence-electron chi connectivity index (χ3n) is 1.98. The van der Waals surface area contributed by atoms with E-state index in [1.54, 1.807) is 0 Å². The van der Waals surface area contributed by atoms with Gasteiger partial charge < -0.3 is 25.2 Å². The van der Waals surface area contributed by atoms with Crippen molar-refractivity contribution >= 4 is 11.9 Å². The minimum Gasteiger partial charge on any atom is -0.394 e. The molecule has 7 heteroatoms. The zero-order chi connectivity index (χ0) is 10.0. The van der Waals surface area contributed by atoms with Crippen molar-refractivity contribution in [3.05, 3.63) is 0 Å². The maximum Gasteiger partial charge on any atom is 0.145 e. The van der Waals surface area contributed by atoms with E-state index in [4.69, 9.17) is 15.0 Å². The second kappa shape index (κ2) is 4.56. The quantitative estimate of drug-likeness (QED) is 0.318. The molecule has 0 aliphatic carbocycles. The highest BCUT2D eigenvalue weighted by atomic mass is 32.2. The molecule has 6 nitrogen and oxygen atoms in total. The summed E-state index contributed by atoms with van der Waals surface area (Å²) in [5.41, 5.74) is -0.824. The molecule has 0 amide bonds. The molecule has 0 aromatic heterocycles. The second-order valence-electron chi connectivity index (χ2n) is 2.83. The van der Waals surface area contributed by atoms with Crippen molar-refractivity contribution in [1.29, 1.82) is 0 Å². The lowest BCUT2D eigenvalue weighted by Crippen LogP contribution is -2.57. The van der Waals surface area contributed by atoms with Gasteiger partial charge >= 0.3 is 0 Å². The van der Waals surface area contributed by atoms with Crippen molar-refractivity contribution in [2.75, 3.05) is 6.61 Å². The van der Waals surface area contributed by atoms with Crippen LogP contribution < -0.4 is 5.14 Å². The number of aliphatic hydroxyl groups is 4. The Morgan fingerprint density at radius 1 is 1.15 bits per heavy atom. The third-order valence-corrected chi connectivity index (χ3v) is 2.64. The summed E-state index contributed by atoms with van der Waals surface area (Å²) in [4.78, 5) is 0. The Balaban J connectivity index is 2.66. The zero-order valence-corrected chi connectivity index (χ0v) is 7.59. The third kappa shape index (κ3) is 2.13. The number of rotatable bonds is 2. The van der Waals surface area contributed by atoms with E-state index in [-0.39, 0.29) is 0 Å². The van der Waals surface area contributed by atoms with Crippen LogP contribution >= 0.6 is 11.9 Å². The Hall–Kier alpha value is 0.110. The molecule has 78 valence electrons. The lowest BCUT2D eigenvalue weighted by atomic mass is 10.0. The summed E-state index contributed by atoms with van der Waals surface area (Å²) in [5, 5.41) is 41.8. The van der Waals surface area contributed by atoms with Gasteiger partial charge in [0, 0.05) is 0 Å². The van der Waals surface area contributed by atoms with E-state index in [1.165, 1.54) is 0 Å². The predicted octanol–water partition coefficient (Wildman–Crippen LogP) is -2.61.